The second-order valence-electron chi connectivity index (χ2n) is 5.73. The highest BCUT2D eigenvalue weighted by molar-refractivity contribution is 8.00. The van der Waals surface area contributed by atoms with Crippen molar-refractivity contribution < 1.29 is 9.53 Å². The van der Waals surface area contributed by atoms with Crippen LogP contribution in [-0.2, 0) is 6.54 Å². The molecule has 118 valence electrons. The Kier molecular flexibility index (Phi) is 6.11. The quantitative estimate of drug-likeness (QED) is 0.690. The number of thioether (sulfide) groups is 1. The Morgan fingerprint density at radius 1 is 1.48 bits per heavy atom. The maximum atomic E-state index is 12.5. The van der Waals surface area contributed by atoms with Gasteiger partial charge in [0.05, 0.1) is 25.6 Å². The van der Waals surface area contributed by atoms with E-state index in [1.807, 2.05) is 14.1 Å². The number of rotatable bonds is 8. The van der Waals surface area contributed by atoms with E-state index in [0.717, 1.165) is 6.54 Å². The molecular weight excluding hydrogens is 286 g/mol. The number of hydrogen-bond acceptors (Lipinski definition) is 5. The molecule has 6 heteroatoms. The Morgan fingerprint density at radius 3 is 2.81 bits per heavy atom. The number of hydrogen-bond donors (Lipinski definition) is 0. The standard InChI is InChI=1S/C15H25N3O2S/c1-17(2)8-9-18-15(14(20-3)10-16-18)13(19)11-21-12-6-4-5-7-12/h10,12H,4-9,11H2,1-3H3. The second kappa shape index (κ2) is 7.84. The first-order valence-corrected chi connectivity index (χ1v) is 8.56. The summed E-state index contributed by atoms with van der Waals surface area (Å²) in [5, 5.41) is 4.95. The minimum atomic E-state index is 0.125. The van der Waals surface area contributed by atoms with Gasteiger partial charge in [-0.05, 0) is 26.9 Å². The van der Waals surface area contributed by atoms with Crippen LogP contribution >= 0.6 is 11.8 Å². The molecule has 1 aliphatic rings. The minimum Gasteiger partial charge on any atom is -0.493 e. The molecule has 0 bridgehead atoms. The number of Topliss-reactive ketones (excluding diaryl/α,β-unsaturated/α-hetero) is 1. The zero-order chi connectivity index (χ0) is 15.2. The third-order valence-electron chi connectivity index (χ3n) is 3.80. The molecule has 0 amide bonds. The molecular formula is C15H25N3O2S. The molecule has 5 nitrogen and oxygen atoms in total. The lowest BCUT2D eigenvalue weighted by Gasteiger charge is -2.13. The van der Waals surface area contributed by atoms with E-state index in [1.54, 1.807) is 29.8 Å². The predicted molar refractivity (Wildman–Crippen MR) is 86.4 cm³/mol. The lowest BCUT2D eigenvalue weighted by Crippen LogP contribution is -2.22. The summed E-state index contributed by atoms with van der Waals surface area (Å²) >= 11 is 1.79. The van der Waals surface area contributed by atoms with Crippen LogP contribution in [-0.4, -0.2) is 59.2 Å². The Balaban J connectivity index is 2.00. The molecule has 1 aromatic rings. The molecule has 1 fully saturated rings. The van der Waals surface area contributed by atoms with E-state index in [2.05, 4.69) is 10.00 Å². The third kappa shape index (κ3) is 4.48. The second-order valence-corrected chi connectivity index (χ2v) is 7.02. The van der Waals surface area contributed by atoms with E-state index in [4.69, 9.17) is 4.74 Å². The van der Waals surface area contributed by atoms with Gasteiger partial charge in [-0.1, -0.05) is 12.8 Å². The first kappa shape index (κ1) is 16.4. The fourth-order valence-electron chi connectivity index (χ4n) is 2.58. The number of carbonyl (C=O) groups is 1. The molecule has 0 unspecified atom stereocenters. The van der Waals surface area contributed by atoms with Crippen molar-refractivity contribution in [1.82, 2.24) is 14.7 Å². The summed E-state index contributed by atoms with van der Waals surface area (Å²) in [6, 6.07) is 0. The van der Waals surface area contributed by atoms with Gasteiger partial charge < -0.3 is 9.64 Å². The minimum absolute atomic E-state index is 0.125. The molecule has 2 rings (SSSR count). The molecule has 1 saturated carbocycles. The van der Waals surface area contributed by atoms with Crippen molar-refractivity contribution in [2.45, 2.75) is 37.5 Å². The van der Waals surface area contributed by atoms with Gasteiger partial charge in [-0.25, -0.2) is 0 Å². The summed E-state index contributed by atoms with van der Waals surface area (Å²) in [5.74, 6) is 1.24. The highest BCUT2D eigenvalue weighted by Crippen LogP contribution is 2.30. The van der Waals surface area contributed by atoms with Gasteiger partial charge in [-0.15, -0.1) is 0 Å². The molecule has 0 radical (unpaired) electrons. The van der Waals surface area contributed by atoms with E-state index in [1.165, 1.54) is 25.7 Å². The van der Waals surface area contributed by atoms with Gasteiger partial charge >= 0.3 is 0 Å². The summed E-state index contributed by atoms with van der Waals surface area (Å²) in [5.41, 5.74) is 0.616. The van der Waals surface area contributed by atoms with Crippen molar-refractivity contribution in [3.8, 4) is 5.75 Å². The van der Waals surface area contributed by atoms with Crippen LogP contribution in [0, 0.1) is 0 Å². The monoisotopic (exact) mass is 311 g/mol. The molecule has 0 spiro atoms. The molecule has 0 aromatic carbocycles. The summed E-state index contributed by atoms with van der Waals surface area (Å²) in [6.45, 7) is 1.55. The van der Waals surface area contributed by atoms with Gasteiger partial charge in [-0.2, -0.15) is 16.9 Å². The van der Waals surface area contributed by atoms with Crippen molar-refractivity contribution >= 4 is 17.5 Å². The maximum absolute atomic E-state index is 12.5. The third-order valence-corrected chi connectivity index (χ3v) is 5.17. The van der Waals surface area contributed by atoms with Crippen molar-refractivity contribution in [2.75, 3.05) is 33.5 Å². The first-order valence-electron chi connectivity index (χ1n) is 7.51. The number of likely N-dealkylation sites (N-methyl/N-ethyl adjacent to an activating group) is 1. The molecule has 21 heavy (non-hydrogen) atoms. The molecule has 0 N–H and O–H groups in total. The number of carbonyl (C=O) groups excluding carboxylic acids is 1. The van der Waals surface area contributed by atoms with Crippen molar-refractivity contribution in [2.24, 2.45) is 0 Å². The van der Waals surface area contributed by atoms with E-state index >= 15 is 0 Å². The smallest absolute Gasteiger partial charge is 0.194 e. The van der Waals surface area contributed by atoms with Crippen LogP contribution in [0.15, 0.2) is 6.20 Å². The zero-order valence-corrected chi connectivity index (χ0v) is 14.0. The first-order chi connectivity index (χ1) is 10.1. The van der Waals surface area contributed by atoms with Gasteiger partial charge in [0.1, 0.15) is 5.69 Å². The van der Waals surface area contributed by atoms with Gasteiger partial charge in [0.15, 0.2) is 11.5 Å². The summed E-state index contributed by atoms with van der Waals surface area (Å²) in [6.07, 6.45) is 6.74. The number of nitrogens with zero attached hydrogens (tertiary/aromatic N) is 3. The van der Waals surface area contributed by atoms with Gasteiger partial charge in [0, 0.05) is 11.8 Å². The summed E-state index contributed by atoms with van der Waals surface area (Å²) in [4.78, 5) is 14.6. The molecule has 1 heterocycles. The number of methoxy groups -OCH3 is 1. The van der Waals surface area contributed by atoms with Gasteiger partial charge in [0.2, 0.25) is 0 Å². The van der Waals surface area contributed by atoms with Crippen molar-refractivity contribution in [1.29, 1.82) is 0 Å². The summed E-state index contributed by atoms with van der Waals surface area (Å²) < 4.78 is 7.07. The van der Waals surface area contributed by atoms with Crippen molar-refractivity contribution in [3.63, 3.8) is 0 Å². The summed E-state index contributed by atoms with van der Waals surface area (Å²) in [7, 11) is 5.62. The average Bonchev–Trinajstić information content (AvgIpc) is 3.11. The Hall–Kier alpha value is -1.01. The normalized spacial score (nSPS) is 15.8. The Labute approximate surface area is 131 Å². The molecule has 0 aliphatic heterocycles. The largest absolute Gasteiger partial charge is 0.493 e. The van der Waals surface area contributed by atoms with Crippen molar-refractivity contribution in [3.05, 3.63) is 11.9 Å². The number of aromatic nitrogens is 2. The lowest BCUT2D eigenvalue weighted by molar-refractivity contribution is 0.100. The Morgan fingerprint density at radius 2 is 2.19 bits per heavy atom. The van der Waals surface area contributed by atoms with E-state index in [9.17, 15) is 4.79 Å². The van der Waals surface area contributed by atoms with Gasteiger partial charge in [-0.3, -0.25) is 9.48 Å². The highest BCUT2D eigenvalue weighted by atomic mass is 32.2. The van der Waals surface area contributed by atoms with Gasteiger partial charge in [0.25, 0.3) is 0 Å². The Bertz CT molecular complexity index is 467. The van der Waals surface area contributed by atoms with Crippen LogP contribution in [0.4, 0.5) is 0 Å². The molecule has 0 saturated heterocycles. The topological polar surface area (TPSA) is 47.4 Å². The van der Waals surface area contributed by atoms with E-state index < -0.39 is 0 Å². The van der Waals surface area contributed by atoms with Crippen LogP contribution in [0.1, 0.15) is 36.2 Å². The van der Waals surface area contributed by atoms with E-state index in [-0.39, 0.29) is 5.78 Å². The number of ether oxygens (including phenoxy) is 1. The van der Waals surface area contributed by atoms with E-state index in [0.29, 0.717) is 29.0 Å². The van der Waals surface area contributed by atoms with Crippen LogP contribution in [0.25, 0.3) is 0 Å². The lowest BCUT2D eigenvalue weighted by atomic mass is 10.3. The van der Waals surface area contributed by atoms with Crippen LogP contribution < -0.4 is 4.74 Å². The number of ketones is 1. The highest BCUT2D eigenvalue weighted by Gasteiger charge is 2.22. The van der Waals surface area contributed by atoms with Crippen LogP contribution in [0.5, 0.6) is 5.75 Å². The maximum Gasteiger partial charge on any atom is 0.194 e. The predicted octanol–water partition coefficient (Wildman–Crippen LogP) is 2.31. The van der Waals surface area contributed by atoms with Crippen LogP contribution in [0.3, 0.4) is 0 Å². The average molecular weight is 311 g/mol. The molecule has 1 aromatic heterocycles. The SMILES string of the molecule is COc1cnn(CCN(C)C)c1C(=O)CSC1CCCC1. The fourth-order valence-corrected chi connectivity index (χ4v) is 3.77. The molecule has 1 aliphatic carbocycles. The molecule has 0 atom stereocenters. The van der Waals surface area contributed by atoms with Crippen LogP contribution in [0.2, 0.25) is 0 Å². The fraction of sp³-hybridized carbons (Fsp3) is 0.733. The zero-order valence-electron chi connectivity index (χ0n) is 13.2.